The van der Waals surface area contributed by atoms with Gasteiger partial charge in [-0.1, -0.05) is 25.8 Å². The lowest BCUT2D eigenvalue weighted by Crippen LogP contribution is -1.75. The molecule has 2 heteroatoms. The zero-order valence-electron chi connectivity index (χ0n) is 6.27. The van der Waals surface area contributed by atoms with Crippen molar-refractivity contribution in [2.45, 2.75) is 32.6 Å². The molecule has 0 radical (unpaired) electrons. The maximum absolute atomic E-state index is 10.3. The van der Waals surface area contributed by atoms with E-state index in [1.807, 2.05) is 6.08 Å². The van der Waals surface area contributed by atoms with Crippen LogP contribution in [0.1, 0.15) is 32.6 Å². The van der Waals surface area contributed by atoms with Gasteiger partial charge in [-0.05, 0) is 34.8 Å². The lowest BCUT2D eigenvalue weighted by atomic mass is 10.2. The molecular weight excluding hydrogens is 192 g/mol. The minimum absolute atomic E-state index is 0.0380. The first-order valence-corrected chi connectivity index (χ1v) is 4.42. The van der Waals surface area contributed by atoms with Crippen molar-refractivity contribution >= 4 is 20.6 Å². The van der Waals surface area contributed by atoms with Gasteiger partial charge in [-0.15, -0.1) is 0 Å². The standard InChI is InChI=1S/C8H13BrO/c1-2-3-4-5-6-7-8(9)10/h6-7H,2-5H2,1H3. The molecule has 0 rings (SSSR count). The van der Waals surface area contributed by atoms with E-state index in [0.717, 1.165) is 6.42 Å². The van der Waals surface area contributed by atoms with Crippen LogP contribution in [0.5, 0.6) is 0 Å². The third-order valence-electron chi connectivity index (χ3n) is 1.22. The largest absolute Gasteiger partial charge is 0.282 e. The van der Waals surface area contributed by atoms with Crippen LogP contribution in [0.2, 0.25) is 0 Å². The Balaban J connectivity index is 3.10. The predicted molar refractivity (Wildman–Crippen MR) is 47.2 cm³/mol. The second-order valence-electron chi connectivity index (χ2n) is 2.20. The molecule has 10 heavy (non-hydrogen) atoms. The molecule has 0 bridgehead atoms. The summed E-state index contributed by atoms with van der Waals surface area (Å²) in [6.45, 7) is 2.17. The summed E-state index contributed by atoms with van der Waals surface area (Å²) in [4.78, 5) is 10.3. The van der Waals surface area contributed by atoms with E-state index in [9.17, 15) is 4.79 Å². The number of allylic oxidation sites excluding steroid dienone is 2. The highest BCUT2D eigenvalue weighted by Crippen LogP contribution is 2.00. The Bertz CT molecular complexity index is 118. The summed E-state index contributed by atoms with van der Waals surface area (Å²) >= 11 is 2.82. The average Bonchev–Trinajstić information content (AvgIpc) is 1.87. The third kappa shape index (κ3) is 7.89. The van der Waals surface area contributed by atoms with Gasteiger partial charge in [0.15, 0.2) is 0 Å². The van der Waals surface area contributed by atoms with Gasteiger partial charge in [0.2, 0.25) is 4.69 Å². The Morgan fingerprint density at radius 3 is 2.70 bits per heavy atom. The van der Waals surface area contributed by atoms with Crippen LogP contribution in [0, 0.1) is 0 Å². The first-order valence-electron chi connectivity index (χ1n) is 3.63. The second-order valence-corrected chi connectivity index (χ2v) is 2.98. The molecule has 1 nitrogen and oxygen atoms in total. The normalized spacial score (nSPS) is 10.6. The molecule has 0 spiro atoms. The highest BCUT2D eigenvalue weighted by molar-refractivity contribution is 9.18. The fourth-order valence-corrected chi connectivity index (χ4v) is 0.875. The minimum atomic E-state index is -0.0380. The molecule has 58 valence electrons. The molecule has 0 N–H and O–H groups in total. The molecule has 0 aromatic heterocycles. The molecule has 0 saturated heterocycles. The molecule has 0 atom stereocenters. The summed E-state index contributed by atoms with van der Waals surface area (Å²) in [5.41, 5.74) is 0. The van der Waals surface area contributed by atoms with Crippen molar-refractivity contribution in [1.29, 1.82) is 0 Å². The van der Waals surface area contributed by atoms with Gasteiger partial charge in [0.25, 0.3) is 0 Å². The third-order valence-corrected chi connectivity index (χ3v) is 1.49. The summed E-state index contributed by atoms with van der Waals surface area (Å²) in [6.07, 6.45) is 8.16. The van der Waals surface area contributed by atoms with E-state index in [-0.39, 0.29) is 4.69 Å². The number of rotatable bonds is 5. The minimum Gasteiger partial charge on any atom is -0.282 e. The lowest BCUT2D eigenvalue weighted by Gasteiger charge is -1.89. The van der Waals surface area contributed by atoms with Crippen molar-refractivity contribution in [3.8, 4) is 0 Å². The van der Waals surface area contributed by atoms with Crippen LogP contribution in [0.3, 0.4) is 0 Å². The molecule has 0 saturated carbocycles. The summed E-state index contributed by atoms with van der Waals surface area (Å²) in [6, 6.07) is 0. The van der Waals surface area contributed by atoms with E-state index >= 15 is 0 Å². The van der Waals surface area contributed by atoms with Crippen LogP contribution in [0.15, 0.2) is 12.2 Å². The molecule has 0 aromatic carbocycles. The Morgan fingerprint density at radius 2 is 2.20 bits per heavy atom. The van der Waals surface area contributed by atoms with E-state index in [0.29, 0.717) is 0 Å². The van der Waals surface area contributed by atoms with Gasteiger partial charge in [0.1, 0.15) is 0 Å². The summed E-state index contributed by atoms with van der Waals surface area (Å²) in [7, 11) is 0. The summed E-state index contributed by atoms with van der Waals surface area (Å²) in [5, 5.41) is 0. The maximum atomic E-state index is 10.3. The lowest BCUT2D eigenvalue weighted by molar-refractivity contribution is -0.106. The van der Waals surface area contributed by atoms with Gasteiger partial charge in [-0.3, -0.25) is 4.79 Å². The fraction of sp³-hybridized carbons (Fsp3) is 0.625. The van der Waals surface area contributed by atoms with Gasteiger partial charge in [0.05, 0.1) is 0 Å². The van der Waals surface area contributed by atoms with E-state index in [1.54, 1.807) is 6.08 Å². The summed E-state index contributed by atoms with van der Waals surface area (Å²) < 4.78 is -0.0380. The van der Waals surface area contributed by atoms with Crippen molar-refractivity contribution in [3.05, 3.63) is 12.2 Å². The molecule has 0 amide bonds. The second kappa shape index (κ2) is 7.00. The van der Waals surface area contributed by atoms with Crippen LogP contribution in [-0.4, -0.2) is 4.69 Å². The first-order chi connectivity index (χ1) is 4.77. The maximum Gasteiger partial charge on any atom is 0.220 e. The van der Waals surface area contributed by atoms with Gasteiger partial charge in [0, 0.05) is 0 Å². The van der Waals surface area contributed by atoms with E-state index in [4.69, 9.17) is 0 Å². The number of unbranched alkanes of at least 4 members (excludes halogenated alkanes) is 3. The number of carbonyl (C=O) groups excluding carboxylic acids is 1. The number of carbonyl (C=O) groups is 1. The monoisotopic (exact) mass is 204 g/mol. The van der Waals surface area contributed by atoms with E-state index in [2.05, 4.69) is 22.9 Å². The highest BCUT2D eigenvalue weighted by atomic mass is 79.9. The van der Waals surface area contributed by atoms with Gasteiger partial charge < -0.3 is 0 Å². The van der Waals surface area contributed by atoms with Crippen molar-refractivity contribution in [2.24, 2.45) is 0 Å². The van der Waals surface area contributed by atoms with Crippen molar-refractivity contribution < 1.29 is 4.79 Å². The molecule has 0 fully saturated rings. The zero-order valence-corrected chi connectivity index (χ0v) is 7.86. The molecule has 0 aliphatic heterocycles. The average molecular weight is 205 g/mol. The van der Waals surface area contributed by atoms with Gasteiger partial charge in [-0.2, -0.15) is 0 Å². The van der Waals surface area contributed by atoms with E-state index in [1.165, 1.54) is 19.3 Å². The molecular formula is C8H13BrO. The van der Waals surface area contributed by atoms with Crippen LogP contribution in [0.25, 0.3) is 0 Å². The summed E-state index contributed by atoms with van der Waals surface area (Å²) in [5.74, 6) is 0. The Kier molecular flexibility index (Phi) is 6.93. The van der Waals surface area contributed by atoms with Crippen molar-refractivity contribution in [1.82, 2.24) is 0 Å². The van der Waals surface area contributed by atoms with Crippen LogP contribution < -0.4 is 0 Å². The Morgan fingerprint density at radius 1 is 1.50 bits per heavy atom. The van der Waals surface area contributed by atoms with Gasteiger partial charge in [-0.25, -0.2) is 0 Å². The Hall–Kier alpha value is -0.110. The number of hydrogen-bond donors (Lipinski definition) is 0. The Labute approximate surface area is 70.6 Å². The van der Waals surface area contributed by atoms with Crippen LogP contribution in [0.4, 0.5) is 0 Å². The molecule has 0 unspecified atom stereocenters. The first kappa shape index (κ1) is 9.89. The topological polar surface area (TPSA) is 17.1 Å². The SMILES string of the molecule is CCCCCC=CC(=O)Br. The van der Waals surface area contributed by atoms with Crippen molar-refractivity contribution in [2.75, 3.05) is 0 Å². The van der Waals surface area contributed by atoms with Crippen molar-refractivity contribution in [3.63, 3.8) is 0 Å². The van der Waals surface area contributed by atoms with E-state index < -0.39 is 0 Å². The highest BCUT2D eigenvalue weighted by Gasteiger charge is 1.84. The smallest absolute Gasteiger partial charge is 0.220 e. The van der Waals surface area contributed by atoms with Crippen LogP contribution >= 0.6 is 15.9 Å². The zero-order chi connectivity index (χ0) is 7.82. The number of hydrogen-bond acceptors (Lipinski definition) is 1. The fourth-order valence-electron chi connectivity index (χ4n) is 0.688. The van der Waals surface area contributed by atoms with Gasteiger partial charge >= 0.3 is 0 Å². The molecule has 0 heterocycles. The quantitative estimate of drug-likeness (QED) is 0.383. The van der Waals surface area contributed by atoms with Crippen LogP contribution in [-0.2, 0) is 4.79 Å². The molecule has 0 aliphatic carbocycles. The molecule has 0 aliphatic rings. The number of halogens is 1. The molecule has 0 aromatic rings. The predicted octanol–water partition coefficient (Wildman–Crippen LogP) is 3.04.